The molecular formula is C27H33NO4. The SMILES string of the molecule is COc1cc2c(cc1O)CC[C@@H]1[C@@H]2CC[C@]2(C)[C@@H](O)[C@@H](Cc3cccc(C(N)=O)c3)C[C@@H]12. The Morgan fingerprint density at radius 2 is 2.06 bits per heavy atom. The number of hydrogen-bond donors (Lipinski definition) is 3. The maximum absolute atomic E-state index is 11.6. The number of aliphatic hydroxyl groups excluding tert-OH is 1. The monoisotopic (exact) mass is 435 g/mol. The van der Waals surface area contributed by atoms with Crippen LogP contribution in [0.5, 0.6) is 11.5 Å². The van der Waals surface area contributed by atoms with E-state index >= 15 is 0 Å². The Bertz CT molecular complexity index is 1050. The number of carbonyl (C=O) groups is 1. The molecule has 5 rings (SSSR count). The zero-order valence-corrected chi connectivity index (χ0v) is 18.9. The van der Waals surface area contributed by atoms with Crippen LogP contribution >= 0.6 is 0 Å². The molecule has 0 spiro atoms. The second-order valence-corrected chi connectivity index (χ2v) is 10.4. The Kier molecular flexibility index (Phi) is 5.20. The summed E-state index contributed by atoms with van der Waals surface area (Å²) in [6, 6.07) is 11.5. The van der Waals surface area contributed by atoms with Crippen LogP contribution in [0.1, 0.15) is 65.6 Å². The van der Waals surface area contributed by atoms with Crippen LogP contribution in [0.15, 0.2) is 36.4 Å². The molecule has 2 saturated carbocycles. The molecule has 2 fully saturated rings. The molecule has 0 saturated heterocycles. The van der Waals surface area contributed by atoms with Crippen LogP contribution in [0.2, 0.25) is 0 Å². The highest BCUT2D eigenvalue weighted by Crippen LogP contribution is 2.63. The predicted octanol–water partition coefficient (Wildman–Crippen LogP) is 4.19. The van der Waals surface area contributed by atoms with Crippen LogP contribution in [-0.2, 0) is 12.8 Å². The molecule has 5 heteroatoms. The topological polar surface area (TPSA) is 92.8 Å². The Hall–Kier alpha value is -2.53. The summed E-state index contributed by atoms with van der Waals surface area (Å²) in [5.74, 6) is 2.00. The van der Waals surface area contributed by atoms with E-state index in [2.05, 4.69) is 6.92 Å². The molecule has 0 bridgehead atoms. The third-order valence-electron chi connectivity index (χ3n) is 8.85. The molecule has 3 aliphatic rings. The minimum absolute atomic E-state index is 0.0777. The zero-order valence-electron chi connectivity index (χ0n) is 18.9. The van der Waals surface area contributed by atoms with Crippen molar-refractivity contribution in [3.8, 4) is 11.5 Å². The van der Waals surface area contributed by atoms with Crippen LogP contribution in [-0.4, -0.2) is 29.3 Å². The van der Waals surface area contributed by atoms with Gasteiger partial charge in [0.1, 0.15) is 0 Å². The van der Waals surface area contributed by atoms with E-state index in [1.165, 1.54) is 11.1 Å². The summed E-state index contributed by atoms with van der Waals surface area (Å²) in [4.78, 5) is 11.6. The average Bonchev–Trinajstić information content (AvgIpc) is 3.03. The first-order valence-electron chi connectivity index (χ1n) is 11.8. The molecule has 0 aromatic heterocycles. The van der Waals surface area contributed by atoms with Crippen molar-refractivity contribution in [2.24, 2.45) is 28.9 Å². The second kappa shape index (κ2) is 7.80. The number of aliphatic hydroxyl groups is 1. The normalized spacial score (nSPS) is 33.2. The van der Waals surface area contributed by atoms with Crippen molar-refractivity contribution in [1.29, 1.82) is 0 Å². The highest BCUT2D eigenvalue weighted by molar-refractivity contribution is 5.92. The predicted molar refractivity (Wildman–Crippen MR) is 123 cm³/mol. The number of aryl methyl sites for hydroxylation is 1. The van der Waals surface area contributed by atoms with E-state index in [0.717, 1.165) is 44.1 Å². The molecule has 2 aromatic carbocycles. The van der Waals surface area contributed by atoms with E-state index < -0.39 is 5.91 Å². The van der Waals surface area contributed by atoms with Crippen LogP contribution < -0.4 is 10.5 Å². The second-order valence-electron chi connectivity index (χ2n) is 10.4. The van der Waals surface area contributed by atoms with Crippen LogP contribution in [0.3, 0.4) is 0 Å². The van der Waals surface area contributed by atoms with Crippen molar-refractivity contribution in [2.45, 2.75) is 57.5 Å². The Morgan fingerprint density at radius 3 is 2.81 bits per heavy atom. The van der Waals surface area contributed by atoms with Gasteiger partial charge in [-0.3, -0.25) is 4.79 Å². The summed E-state index contributed by atoms with van der Waals surface area (Å²) < 4.78 is 5.40. The van der Waals surface area contributed by atoms with Crippen LogP contribution in [0.25, 0.3) is 0 Å². The maximum Gasteiger partial charge on any atom is 0.248 e. The first-order chi connectivity index (χ1) is 15.3. The van der Waals surface area contributed by atoms with E-state index in [4.69, 9.17) is 10.5 Å². The Morgan fingerprint density at radius 1 is 1.25 bits per heavy atom. The van der Waals surface area contributed by atoms with Gasteiger partial charge in [-0.15, -0.1) is 0 Å². The first kappa shape index (κ1) is 21.3. The number of nitrogens with two attached hydrogens (primary N) is 1. The van der Waals surface area contributed by atoms with Gasteiger partial charge in [0.15, 0.2) is 11.5 Å². The minimum atomic E-state index is -0.412. The number of amides is 1. The summed E-state index contributed by atoms with van der Waals surface area (Å²) >= 11 is 0. The molecule has 1 amide bonds. The van der Waals surface area contributed by atoms with Crippen LogP contribution in [0.4, 0.5) is 0 Å². The fourth-order valence-corrected chi connectivity index (χ4v) is 7.25. The summed E-state index contributed by atoms with van der Waals surface area (Å²) in [7, 11) is 1.60. The van der Waals surface area contributed by atoms with Crippen LogP contribution in [0, 0.1) is 23.2 Å². The van der Waals surface area contributed by atoms with Gasteiger partial charge in [-0.05, 0) is 109 Å². The van der Waals surface area contributed by atoms with Gasteiger partial charge in [0, 0.05) is 5.56 Å². The Balaban J connectivity index is 1.41. The lowest BCUT2D eigenvalue weighted by Gasteiger charge is -2.50. The lowest BCUT2D eigenvalue weighted by molar-refractivity contribution is -0.0325. The lowest BCUT2D eigenvalue weighted by atomic mass is 9.55. The van der Waals surface area contributed by atoms with E-state index in [1.54, 1.807) is 13.2 Å². The van der Waals surface area contributed by atoms with Crippen molar-refractivity contribution in [2.75, 3.05) is 7.11 Å². The number of benzene rings is 2. The van der Waals surface area contributed by atoms with Gasteiger partial charge in [-0.25, -0.2) is 0 Å². The van der Waals surface area contributed by atoms with E-state index in [9.17, 15) is 15.0 Å². The number of hydrogen-bond acceptors (Lipinski definition) is 4. The number of rotatable bonds is 4. The van der Waals surface area contributed by atoms with E-state index in [-0.39, 0.29) is 23.2 Å². The summed E-state index contributed by atoms with van der Waals surface area (Å²) in [5, 5.41) is 21.7. The minimum Gasteiger partial charge on any atom is -0.504 e. The van der Waals surface area contributed by atoms with Gasteiger partial charge in [0.2, 0.25) is 5.91 Å². The van der Waals surface area contributed by atoms with E-state index in [0.29, 0.717) is 29.1 Å². The number of ether oxygens (including phenoxy) is 1. The fraction of sp³-hybridized carbons (Fsp3) is 0.519. The maximum atomic E-state index is 11.6. The van der Waals surface area contributed by atoms with Gasteiger partial charge in [-0.1, -0.05) is 19.1 Å². The number of primary amides is 1. The molecule has 32 heavy (non-hydrogen) atoms. The quantitative estimate of drug-likeness (QED) is 0.672. The molecule has 4 N–H and O–H groups in total. The molecule has 0 aliphatic heterocycles. The molecule has 170 valence electrons. The zero-order chi connectivity index (χ0) is 22.6. The molecule has 0 unspecified atom stereocenters. The fourth-order valence-electron chi connectivity index (χ4n) is 7.25. The third kappa shape index (κ3) is 3.29. The largest absolute Gasteiger partial charge is 0.504 e. The van der Waals surface area contributed by atoms with Crippen molar-refractivity contribution in [3.63, 3.8) is 0 Å². The number of phenolic OH excluding ortho intramolecular Hbond substituents is 1. The van der Waals surface area contributed by atoms with Gasteiger partial charge >= 0.3 is 0 Å². The van der Waals surface area contributed by atoms with Gasteiger partial charge < -0.3 is 20.7 Å². The molecule has 2 aromatic rings. The highest BCUT2D eigenvalue weighted by atomic mass is 16.5. The number of phenols is 1. The smallest absolute Gasteiger partial charge is 0.248 e. The van der Waals surface area contributed by atoms with Gasteiger partial charge in [0.25, 0.3) is 0 Å². The van der Waals surface area contributed by atoms with Crippen molar-refractivity contribution in [1.82, 2.24) is 0 Å². The number of carbonyl (C=O) groups excluding carboxylic acids is 1. The van der Waals surface area contributed by atoms with Gasteiger partial charge in [-0.2, -0.15) is 0 Å². The molecule has 3 aliphatic carbocycles. The highest BCUT2D eigenvalue weighted by Gasteiger charge is 2.57. The van der Waals surface area contributed by atoms with Crippen molar-refractivity contribution in [3.05, 3.63) is 58.7 Å². The first-order valence-corrected chi connectivity index (χ1v) is 11.8. The average molecular weight is 436 g/mol. The molecule has 6 atom stereocenters. The van der Waals surface area contributed by atoms with Crippen molar-refractivity contribution < 1.29 is 19.7 Å². The molecular weight excluding hydrogens is 402 g/mol. The summed E-state index contributed by atoms with van der Waals surface area (Å²) in [6.07, 6.45) is 5.54. The van der Waals surface area contributed by atoms with Crippen molar-refractivity contribution >= 4 is 5.91 Å². The van der Waals surface area contributed by atoms with E-state index in [1.807, 2.05) is 30.3 Å². The molecule has 0 heterocycles. The molecule has 0 radical (unpaired) electrons. The number of fused-ring (bicyclic) bond motifs is 5. The summed E-state index contributed by atoms with van der Waals surface area (Å²) in [5.41, 5.74) is 9.55. The Labute approximate surface area is 189 Å². The standard InChI is InChI=1S/C27H33NO4/c1-27-9-8-19-20(7-6-16-13-23(29)24(32-2)14-21(16)19)22(27)12-18(25(27)30)11-15-4-3-5-17(10-15)26(28)31/h3-5,10,13-14,18-20,22,25,29-30H,6-9,11-12H2,1-2H3,(H2,28,31)/t18-,19-,20+,22-,25-,27-/m0/s1. The third-order valence-corrected chi connectivity index (χ3v) is 8.85. The lowest BCUT2D eigenvalue weighted by Crippen LogP contribution is -2.44. The number of methoxy groups -OCH3 is 1. The van der Waals surface area contributed by atoms with Gasteiger partial charge in [0.05, 0.1) is 13.2 Å². The number of aromatic hydroxyl groups is 1. The summed E-state index contributed by atoms with van der Waals surface area (Å²) in [6.45, 7) is 2.28. The molecule has 5 nitrogen and oxygen atoms in total.